The Morgan fingerprint density at radius 3 is 2.45 bits per heavy atom. The molecule has 2 heterocycles. The molecule has 3 aromatic rings. The average Bonchev–Trinajstić information content (AvgIpc) is 3.29. The SMILES string of the molecule is Cn1cnc(S(=O)(=O)N2C[C@H](Nc3cccc(F)c3)[C@@H](c3cccc(F)c3)C2)c1. The maximum atomic E-state index is 13.8. The van der Waals surface area contributed by atoms with E-state index >= 15 is 0 Å². The van der Waals surface area contributed by atoms with Crippen LogP contribution in [0.5, 0.6) is 0 Å². The van der Waals surface area contributed by atoms with Gasteiger partial charge in [0.25, 0.3) is 10.0 Å². The minimum absolute atomic E-state index is 0.0376. The van der Waals surface area contributed by atoms with E-state index in [0.29, 0.717) is 11.3 Å². The molecule has 0 spiro atoms. The van der Waals surface area contributed by atoms with Crippen LogP contribution in [0, 0.1) is 11.6 Å². The Kier molecular flexibility index (Phi) is 5.10. The maximum Gasteiger partial charge on any atom is 0.262 e. The van der Waals surface area contributed by atoms with Gasteiger partial charge in [-0.1, -0.05) is 18.2 Å². The van der Waals surface area contributed by atoms with E-state index in [0.717, 1.165) is 0 Å². The van der Waals surface area contributed by atoms with Crippen molar-refractivity contribution in [2.75, 3.05) is 18.4 Å². The lowest BCUT2D eigenvalue weighted by Gasteiger charge is -2.21. The number of aryl methyl sites for hydroxylation is 1. The Labute approximate surface area is 167 Å². The molecular formula is C20H20F2N4O2S. The highest BCUT2D eigenvalue weighted by molar-refractivity contribution is 7.89. The van der Waals surface area contributed by atoms with E-state index in [1.54, 1.807) is 35.9 Å². The zero-order valence-electron chi connectivity index (χ0n) is 15.7. The maximum absolute atomic E-state index is 13.8. The Morgan fingerprint density at radius 1 is 1.07 bits per heavy atom. The van der Waals surface area contributed by atoms with Crippen molar-refractivity contribution in [1.29, 1.82) is 0 Å². The number of benzene rings is 2. The molecule has 2 atom stereocenters. The number of anilines is 1. The quantitative estimate of drug-likeness (QED) is 0.692. The number of nitrogens with one attached hydrogen (secondary N) is 1. The van der Waals surface area contributed by atoms with Gasteiger partial charge in [-0.3, -0.25) is 0 Å². The molecule has 9 heteroatoms. The van der Waals surface area contributed by atoms with Crippen molar-refractivity contribution in [3.05, 3.63) is 78.3 Å². The molecule has 29 heavy (non-hydrogen) atoms. The smallest absolute Gasteiger partial charge is 0.262 e. The fraction of sp³-hybridized carbons (Fsp3) is 0.250. The van der Waals surface area contributed by atoms with Gasteiger partial charge < -0.3 is 9.88 Å². The van der Waals surface area contributed by atoms with Crippen molar-refractivity contribution in [1.82, 2.24) is 13.9 Å². The fourth-order valence-electron chi connectivity index (χ4n) is 3.63. The predicted molar refractivity (Wildman–Crippen MR) is 105 cm³/mol. The van der Waals surface area contributed by atoms with E-state index in [-0.39, 0.29) is 30.1 Å². The zero-order chi connectivity index (χ0) is 20.6. The first-order valence-corrected chi connectivity index (χ1v) is 10.5. The zero-order valence-corrected chi connectivity index (χ0v) is 16.5. The van der Waals surface area contributed by atoms with Gasteiger partial charge in [0.2, 0.25) is 0 Å². The Balaban J connectivity index is 1.67. The second kappa shape index (κ2) is 7.57. The van der Waals surface area contributed by atoms with E-state index in [9.17, 15) is 17.2 Å². The van der Waals surface area contributed by atoms with Gasteiger partial charge in [0, 0.05) is 44.0 Å². The monoisotopic (exact) mass is 418 g/mol. The van der Waals surface area contributed by atoms with Crippen molar-refractivity contribution in [2.24, 2.45) is 7.05 Å². The van der Waals surface area contributed by atoms with Crippen LogP contribution in [-0.2, 0) is 17.1 Å². The van der Waals surface area contributed by atoms with Crippen molar-refractivity contribution in [3.8, 4) is 0 Å². The molecule has 0 aliphatic carbocycles. The van der Waals surface area contributed by atoms with Crippen LogP contribution in [-0.4, -0.2) is 41.4 Å². The lowest BCUT2D eigenvalue weighted by Crippen LogP contribution is -2.32. The standard InChI is InChI=1S/C20H20F2N4O2S/c1-25-12-20(23-13-25)29(27,28)26-10-18(14-4-2-5-15(21)8-14)19(11-26)24-17-7-3-6-16(22)9-17/h2-9,12-13,18-19,24H,10-11H2,1H3/t18-,19+/m1/s1. The second-order valence-electron chi connectivity index (χ2n) is 7.12. The number of sulfonamides is 1. The molecule has 1 aliphatic heterocycles. The number of hydrogen-bond acceptors (Lipinski definition) is 4. The van der Waals surface area contributed by atoms with Crippen LogP contribution in [0.4, 0.5) is 14.5 Å². The van der Waals surface area contributed by atoms with Crippen LogP contribution in [0.25, 0.3) is 0 Å². The first kappa shape index (κ1) is 19.5. The summed E-state index contributed by atoms with van der Waals surface area (Å²) in [5.41, 5.74) is 1.21. The lowest BCUT2D eigenvalue weighted by atomic mass is 9.94. The molecule has 1 saturated heterocycles. The fourth-order valence-corrected chi connectivity index (χ4v) is 5.09. The predicted octanol–water partition coefficient (Wildman–Crippen LogP) is 2.97. The highest BCUT2D eigenvalue weighted by Gasteiger charge is 2.41. The number of imidazole rings is 1. The summed E-state index contributed by atoms with van der Waals surface area (Å²) in [6.07, 6.45) is 2.87. The number of aromatic nitrogens is 2. The second-order valence-corrected chi connectivity index (χ2v) is 9.01. The normalized spacial score (nSPS) is 20.1. The van der Waals surface area contributed by atoms with E-state index in [2.05, 4.69) is 10.3 Å². The van der Waals surface area contributed by atoms with Gasteiger partial charge in [0.1, 0.15) is 11.6 Å². The van der Waals surface area contributed by atoms with Crippen LogP contribution in [0.2, 0.25) is 0 Å². The lowest BCUT2D eigenvalue weighted by molar-refractivity contribution is 0.468. The van der Waals surface area contributed by atoms with Crippen molar-refractivity contribution < 1.29 is 17.2 Å². The van der Waals surface area contributed by atoms with Crippen LogP contribution < -0.4 is 5.32 Å². The molecule has 1 aromatic heterocycles. The van der Waals surface area contributed by atoms with Crippen molar-refractivity contribution in [2.45, 2.75) is 17.0 Å². The third kappa shape index (κ3) is 4.01. The number of rotatable bonds is 5. The van der Waals surface area contributed by atoms with E-state index in [4.69, 9.17) is 0 Å². The number of nitrogens with zero attached hydrogens (tertiary/aromatic N) is 3. The Bertz CT molecular complexity index is 1130. The largest absolute Gasteiger partial charge is 0.380 e. The molecule has 0 unspecified atom stereocenters. The summed E-state index contributed by atoms with van der Waals surface area (Å²) in [6, 6.07) is 11.7. The van der Waals surface area contributed by atoms with Gasteiger partial charge >= 0.3 is 0 Å². The van der Waals surface area contributed by atoms with Crippen LogP contribution >= 0.6 is 0 Å². The van der Waals surface area contributed by atoms with Crippen LogP contribution in [0.15, 0.2) is 66.1 Å². The topological polar surface area (TPSA) is 67.2 Å². The molecule has 0 amide bonds. The molecule has 6 nitrogen and oxygen atoms in total. The third-order valence-corrected chi connectivity index (χ3v) is 6.74. The number of halogens is 2. The average molecular weight is 418 g/mol. The molecule has 4 rings (SSSR count). The molecule has 0 bridgehead atoms. The van der Waals surface area contributed by atoms with Gasteiger partial charge in [0.05, 0.1) is 6.33 Å². The van der Waals surface area contributed by atoms with Gasteiger partial charge in [-0.15, -0.1) is 0 Å². The summed E-state index contributed by atoms with van der Waals surface area (Å²) in [4.78, 5) is 3.97. The molecule has 0 radical (unpaired) electrons. The first-order chi connectivity index (χ1) is 13.8. The first-order valence-electron chi connectivity index (χ1n) is 9.08. The van der Waals surface area contributed by atoms with E-state index in [1.807, 2.05) is 0 Å². The molecule has 2 aromatic carbocycles. The van der Waals surface area contributed by atoms with Gasteiger partial charge in [-0.05, 0) is 35.9 Å². The van der Waals surface area contributed by atoms with Crippen LogP contribution in [0.3, 0.4) is 0 Å². The summed E-state index contributed by atoms with van der Waals surface area (Å²) in [5, 5.41) is 3.18. The summed E-state index contributed by atoms with van der Waals surface area (Å²) in [5.74, 6) is -1.10. The molecule has 152 valence electrons. The summed E-state index contributed by atoms with van der Waals surface area (Å²) in [7, 11) is -2.11. The molecule has 1 N–H and O–H groups in total. The van der Waals surface area contributed by atoms with Crippen molar-refractivity contribution >= 4 is 15.7 Å². The molecular weight excluding hydrogens is 398 g/mol. The summed E-state index contributed by atoms with van der Waals surface area (Å²) < 4.78 is 56.4. The highest BCUT2D eigenvalue weighted by atomic mass is 32.2. The highest BCUT2D eigenvalue weighted by Crippen LogP contribution is 2.33. The Morgan fingerprint density at radius 2 is 1.79 bits per heavy atom. The minimum atomic E-state index is -3.81. The number of hydrogen-bond donors (Lipinski definition) is 1. The van der Waals surface area contributed by atoms with Gasteiger partial charge in [0.15, 0.2) is 5.03 Å². The van der Waals surface area contributed by atoms with E-state index < -0.39 is 21.7 Å². The molecule has 1 aliphatic rings. The Hall–Kier alpha value is -2.78. The summed E-state index contributed by atoms with van der Waals surface area (Å²) >= 11 is 0. The summed E-state index contributed by atoms with van der Waals surface area (Å²) in [6.45, 7) is 0.311. The van der Waals surface area contributed by atoms with Crippen LogP contribution in [0.1, 0.15) is 11.5 Å². The minimum Gasteiger partial charge on any atom is -0.380 e. The molecule has 1 fully saturated rings. The third-order valence-electron chi connectivity index (χ3n) is 5.03. The van der Waals surface area contributed by atoms with Gasteiger partial charge in [-0.25, -0.2) is 22.2 Å². The molecule has 0 saturated carbocycles. The van der Waals surface area contributed by atoms with Crippen molar-refractivity contribution in [3.63, 3.8) is 0 Å². The van der Waals surface area contributed by atoms with E-state index in [1.165, 1.54) is 41.1 Å². The van der Waals surface area contributed by atoms with Gasteiger partial charge in [-0.2, -0.15) is 4.31 Å².